The van der Waals surface area contributed by atoms with E-state index in [4.69, 9.17) is 13.9 Å². The van der Waals surface area contributed by atoms with Gasteiger partial charge in [0.25, 0.3) is 0 Å². The number of nitrogens with one attached hydrogen (secondary N) is 1. The van der Waals surface area contributed by atoms with Crippen molar-refractivity contribution in [1.29, 1.82) is 0 Å². The maximum atomic E-state index is 12.7. The number of hydrogen-bond acceptors (Lipinski definition) is 5. The van der Waals surface area contributed by atoms with Gasteiger partial charge in [0.15, 0.2) is 0 Å². The Labute approximate surface area is 204 Å². The van der Waals surface area contributed by atoms with Crippen molar-refractivity contribution in [2.24, 2.45) is 0 Å². The fourth-order valence-corrected chi connectivity index (χ4v) is 4.12. The Morgan fingerprint density at radius 2 is 1.69 bits per heavy atom. The Morgan fingerprint density at radius 1 is 0.943 bits per heavy atom. The third-order valence-electron chi connectivity index (χ3n) is 5.91. The van der Waals surface area contributed by atoms with Crippen molar-refractivity contribution in [2.75, 3.05) is 19.5 Å². The quantitative estimate of drug-likeness (QED) is 0.256. The molecule has 1 aromatic heterocycles. The molecule has 6 heteroatoms. The zero-order valence-electron chi connectivity index (χ0n) is 20.4. The molecule has 0 saturated heterocycles. The fraction of sp³-hybridized carbons (Fsp3) is 0.172. The van der Waals surface area contributed by atoms with Gasteiger partial charge in [0, 0.05) is 34.3 Å². The Kier molecular flexibility index (Phi) is 6.73. The molecule has 1 heterocycles. The van der Waals surface area contributed by atoms with Crippen LogP contribution in [-0.4, -0.2) is 26.1 Å². The summed E-state index contributed by atoms with van der Waals surface area (Å²) < 4.78 is 16.1. The number of ether oxygens (including phenoxy) is 2. The number of allylic oxidation sites excluding steroid dienone is 1. The molecule has 0 spiro atoms. The first-order valence-electron chi connectivity index (χ1n) is 11.2. The molecule has 0 aliphatic rings. The van der Waals surface area contributed by atoms with E-state index in [1.54, 1.807) is 37.6 Å². The van der Waals surface area contributed by atoms with Crippen LogP contribution >= 0.6 is 0 Å². The summed E-state index contributed by atoms with van der Waals surface area (Å²) >= 11 is 0. The van der Waals surface area contributed by atoms with Gasteiger partial charge in [-0.25, -0.2) is 4.79 Å². The van der Waals surface area contributed by atoms with Gasteiger partial charge < -0.3 is 19.2 Å². The van der Waals surface area contributed by atoms with E-state index < -0.39 is 5.97 Å². The number of carbonyl (C=O) groups is 2. The maximum Gasteiger partial charge on any atom is 0.337 e. The van der Waals surface area contributed by atoms with E-state index in [1.165, 1.54) is 18.7 Å². The van der Waals surface area contributed by atoms with Gasteiger partial charge in [-0.2, -0.15) is 0 Å². The van der Waals surface area contributed by atoms with Crippen LogP contribution in [0.2, 0.25) is 0 Å². The molecule has 0 fully saturated rings. The lowest BCUT2D eigenvalue weighted by Crippen LogP contribution is -2.09. The monoisotopic (exact) mass is 469 g/mol. The van der Waals surface area contributed by atoms with Gasteiger partial charge in [-0.05, 0) is 67.8 Å². The smallest absolute Gasteiger partial charge is 0.337 e. The van der Waals surface area contributed by atoms with E-state index in [2.05, 4.69) is 37.4 Å². The molecule has 35 heavy (non-hydrogen) atoms. The lowest BCUT2D eigenvalue weighted by Gasteiger charge is -2.11. The summed E-state index contributed by atoms with van der Waals surface area (Å²) in [5, 5.41) is 3.76. The van der Waals surface area contributed by atoms with Gasteiger partial charge in [0.1, 0.15) is 11.3 Å². The van der Waals surface area contributed by atoms with Crippen LogP contribution < -0.4 is 10.1 Å². The number of carbonyl (C=O) groups excluding carboxylic acids is 2. The molecule has 1 N–H and O–H groups in total. The highest BCUT2D eigenvalue weighted by molar-refractivity contribution is 6.05. The number of furan rings is 1. The van der Waals surface area contributed by atoms with Crippen molar-refractivity contribution < 1.29 is 23.5 Å². The Morgan fingerprint density at radius 3 is 2.34 bits per heavy atom. The number of methoxy groups -OCH3 is 2. The Hall–Kier alpha value is -4.32. The summed E-state index contributed by atoms with van der Waals surface area (Å²) in [4.78, 5) is 24.3. The average Bonchev–Trinajstić information content (AvgIpc) is 3.25. The van der Waals surface area contributed by atoms with Gasteiger partial charge in [-0.15, -0.1) is 0 Å². The topological polar surface area (TPSA) is 77.8 Å². The van der Waals surface area contributed by atoms with Crippen LogP contribution in [0.25, 0.3) is 27.7 Å². The van der Waals surface area contributed by atoms with E-state index in [-0.39, 0.29) is 5.91 Å². The number of fused-ring (bicyclic) bond motifs is 1. The molecule has 0 radical (unpaired) electrons. The summed E-state index contributed by atoms with van der Waals surface area (Å²) in [6, 6.07) is 16.7. The summed E-state index contributed by atoms with van der Waals surface area (Å²) in [6.45, 7) is 6.01. The lowest BCUT2D eigenvalue weighted by molar-refractivity contribution is -0.111. The standard InChI is InChI=1S/C29H27NO5/c1-17-6-11-22(18(2)12-17)25-16-35-27-15-26(33-4)23(14-24(25)27)19(3)13-28(31)30-21-9-7-20(8-10-21)29(32)34-5/h6-16H,1-5H3,(H,30,31)/b19-13+. The van der Waals surface area contributed by atoms with E-state index in [0.717, 1.165) is 33.2 Å². The second-order valence-corrected chi connectivity index (χ2v) is 8.40. The van der Waals surface area contributed by atoms with Crippen molar-refractivity contribution in [3.63, 3.8) is 0 Å². The number of amides is 1. The van der Waals surface area contributed by atoms with Crippen molar-refractivity contribution in [3.05, 3.63) is 89.2 Å². The van der Waals surface area contributed by atoms with Crippen LogP contribution in [0, 0.1) is 13.8 Å². The minimum Gasteiger partial charge on any atom is -0.496 e. The largest absolute Gasteiger partial charge is 0.496 e. The molecule has 6 nitrogen and oxygen atoms in total. The highest BCUT2D eigenvalue weighted by atomic mass is 16.5. The number of hydrogen-bond donors (Lipinski definition) is 1. The van der Waals surface area contributed by atoms with E-state index in [0.29, 0.717) is 22.6 Å². The fourth-order valence-electron chi connectivity index (χ4n) is 4.12. The van der Waals surface area contributed by atoms with Crippen molar-refractivity contribution in [1.82, 2.24) is 0 Å². The minimum atomic E-state index is -0.430. The van der Waals surface area contributed by atoms with E-state index in [9.17, 15) is 9.59 Å². The molecule has 0 unspecified atom stereocenters. The van der Waals surface area contributed by atoms with Crippen molar-refractivity contribution in [3.8, 4) is 16.9 Å². The Bertz CT molecular complexity index is 1440. The van der Waals surface area contributed by atoms with Gasteiger partial charge in [-0.3, -0.25) is 4.79 Å². The van der Waals surface area contributed by atoms with Gasteiger partial charge >= 0.3 is 5.97 Å². The van der Waals surface area contributed by atoms with Gasteiger partial charge in [-0.1, -0.05) is 23.8 Å². The highest BCUT2D eigenvalue weighted by Gasteiger charge is 2.16. The molecule has 178 valence electrons. The molecule has 4 aromatic rings. The van der Waals surface area contributed by atoms with Gasteiger partial charge in [0.05, 0.1) is 26.0 Å². The molecular formula is C29H27NO5. The average molecular weight is 470 g/mol. The third kappa shape index (κ3) is 4.96. The molecule has 0 aliphatic carbocycles. The van der Waals surface area contributed by atoms with Crippen LogP contribution in [0.5, 0.6) is 5.75 Å². The van der Waals surface area contributed by atoms with Crippen LogP contribution in [-0.2, 0) is 9.53 Å². The molecule has 0 aliphatic heterocycles. The van der Waals surface area contributed by atoms with E-state index >= 15 is 0 Å². The summed E-state index contributed by atoms with van der Waals surface area (Å²) in [5.41, 5.74) is 7.68. The first-order valence-corrected chi connectivity index (χ1v) is 11.2. The van der Waals surface area contributed by atoms with E-state index in [1.807, 2.05) is 19.1 Å². The molecule has 0 bridgehead atoms. The third-order valence-corrected chi connectivity index (χ3v) is 5.91. The molecule has 0 saturated carbocycles. The second kappa shape index (κ2) is 9.89. The maximum absolute atomic E-state index is 12.7. The number of esters is 1. The predicted octanol–water partition coefficient (Wildman–Crippen LogP) is 6.55. The normalized spacial score (nSPS) is 11.4. The summed E-state index contributed by atoms with van der Waals surface area (Å²) in [6.07, 6.45) is 3.28. The molecule has 1 amide bonds. The predicted molar refractivity (Wildman–Crippen MR) is 138 cm³/mol. The molecule has 0 atom stereocenters. The number of benzene rings is 3. The number of aryl methyl sites for hydroxylation is 2. The van der Waals surface area contributed by atoms with Crippen LogP contribution in [0.1, 0.15) is 34.0 Å². The van der Waals surface area contributed by atoms with Crippen molar-refractivity contribution in [2.45, 2.75) is 20.8 Å². The van der Waals surface area contributed by atoms with Crippen molar-refractivity contribution >= 4 is 34.1 Å². The first kappa shape index (κ1) is 23.8. The van der Waals surface area contributed by atoms with Crippen LogP contribution in [0.3, 0.4) is 0 Å². The molecular weight excluding hydrogens is 442 g/mol. The first-order chi connectivity index (χ1) is 16.8. The highest BCUT2D eigenvalue weighted by Crippen LogP contribution is 2.38. The number of anilines is 1. The lowest BCUT2D eigenvalue weighted by atomic mass is 9.96. The summed E-state index contributed by atoms with van der Waals surface area (Å²) in [5.74, 6) is -0.110. The van der Waals surface area contributed by atoms with Crippen LogP contribution in [0.4, 0.5) is 5.69 Å². The van der Waals surface area contributed by atoms with Gasteiger partial charge in [0.2, 0.25) is 5.91 Å². The zero-order chi connectivity index (χ0) is 25.1. The second-order valence-electron chi connectivity index (χ2n) is 8.40. The summed E-state index contributed by atoms with van der Waals surface area (Å²) in [7, 11) is 2.92. The zero-order valence-corrected chi connectivity index (χ0v) is 20.4. The molecule has 4 rings (SSSR count). The molecule has 3 aromatic carbocycles. The number of rotatable bonds is 6. The Balaban J connectivity index is 1.65. The van der Waals surface area contributed by atoms with Crippen LogP contribution in [0.15, 0.2) is 71.4 Å². The SMILES string of the molecule is COC(=O)c1ccc(NC(=O)/C=C(\C)c2cc3c(-c4ccc(C)cc4C)coc3cc2OC)cc1. The minimum absolute atomic E-state index is 0.294.